The molecule has 3 rings (SSSR count). The van der Waals surface area contributed by atoms with Gasteiger partial charge in [-0.1, -0.05) is 11.6 Å². The molecule has 2 aromatic heterocycles. The normalized spacial score (nSPS) is 10.9. The molecule has 0 fully saturated rings. The van der Waals surface area contributed by atoms with Crippen LogP contribution in [0.1, 0.15) is 0 Å². The molecule has 3 aromatic rings. The number of fused-ring (bicyclic) bond motifs is 1. The van der Waals surface area contributed by atoms with E-state index in [1.807, 2.05) is 0 Å². The highest BCUT2D eigenvalue weighted by Crippen LogP contribution is 2.35. The molecule has 6 heteroatoms. The zero-order valence-corrected chi connectivity index (χ0v) is 11.4. The molecule has 0 saturated heterocycles. The van der Waals surface area contributed by atoms with Gasteiger partial charge >= 0.3 is 0 Å². The van der Waals surface area contributed by atoms with Gasteiger partial charge in [0, 0.05) is 16.8 Å². The molecule has 0 aliphatic rings. The smallest absolute Gasteiger partial charge is 0.140 e. The molecular weight excluding hydrogens is 281 g/mol. The van der Waals surface area contributed by atoms with Crippen molar-refractivity contribution < 1.29 is 9.13 Å². The van der Waals surface area contributed by atoms with Crippen molar-refractivity contribution in [3.63, 3.8) is 0 Å². The maximum absolute atomic E-state index is 13.3. The third-order valence-corrected chi connectivity index (χ3v) is 3.27. The van der Waals surface area contributed by atoms with Crippen LogP contribution in [0.15, 0.2) is 36.5 Å². The molecule has 4 nitrogen and oxygen atoms in total. The highest BCUT2D eigenvalue weighted by molar-refractivity contribution is 6.31. The number of benzene rings is 1. The number of hydrogen-bond donors (Lipinski definition) is 1. The molecule has 0 amide bonds. The topological polar surface area (TPSA) is 52.5 Å². The van der Waals surface area contributed by atoms with E-state index in [0.717, 1.165) is 0 Å². The number of ether oxygens (including phenoxy) is 1. The fourth-order valence-corrected chi connectivity index (χ4v) is 2.27. The number of aromatic nitrogens is 2. The van der Waals surface area contributed by atoms with Crippen LogP contribution in [0.3, 0.4) is 0 Å². The van der Waals surface area contributed by atoms with Crippen molar-refractivity contribution in [1.82, 2.24) is 9.38 Å². The Hall–Kier alpha value is -2.27. The lowest BCUT2D eigenvalue weighted by Crippen LogP contribution is -1.96. The molecule has 0 aliphatic carbocycles. The minimum atomic E-state index is -0.383. The van der Waals surface area contributed by atoms with Crippen LogP contribution in [-0.4, -0.2) is 16.5 Å². The van der Waals surface area contributed by atoms with Crippen LogP contribution >= 0.6 is 11.6 Å². The van der Waals surface area contributed by atoms with Gasteiger partial charge in [0.15, 0.2) is 0 Å². The third-order valence-electron chi connectivity index (χ3n) is 3.04. The lowest BCUT2D eigenvalue weighted by atomic mass is 10.1. The second kappa shape index (κ2) is 4.68. The predicted molar refractivity (Wildman–Crippen MR) is 76.6 cm³/mol. The number of halogens is 2. The van der Waals surface area contributed by atoms with Crippen molar-refractivity contribution in [2.24, 2.45) is 0 Å². The predicted octanol–water partition coefficient (Wildman–Crippen LogP) is 3.38. The number of imidazole rings is 1. The highest BCUT2D eigenvalue weighted by atomic mass is 35.5. The first-order valence-corrected chi connectivity index (χ1v) is 6.25. The second-order valence-electron chi connectivity index (χ2n) is 4.27. The van der Waals surface area contributed by atoms with Crippen LogP contribution < -0.4 is 10.5 Å². The molecular formula is C14H11ClFN3O. The maximum Gasteiger partial charge on any atom is 0.140 e. The Morgan fingerprint density at radius 1 is 1.30 bits per heavy atom. The van der Waals surface area contributed by atoms with E-state index in [2.05, 4.69) is 4.98 Å². The maximum atomic E-state index is 13.3. The number of hydrogen-bond acceptors (Lipinski definition) is 3. The van der Waals surface area contributed by atoms with Crippen molar-refractivity contribution in [3.05, 3.63) is 47.4 Å². The van der Waals surface area contributed by atoms with Gasteiger partial charge in [0.05, 0.1) is 7.11 Å². The van der Waals surface area contributed by atoms with Gasteiger partial charge in [-0.3, -0.25) is 4.40 Å². The lowest BCUT2D eigenvalue weighted by molar-refractivity contribution is 0.416. The summed E-state index contributed by atoms with van der Waals surface area (Å²) in [6.45, 7) is 0. The summed E-state index contributed by atoms with van der Waals surface area (Å²) in [7, 11) is 1.55. The highest BCUT2D eigenvalue weighted by Gasteiger charge is 2.16. The average molecular weight is 292 g/mol. The van der Waals surface area contributed by atoms with E-state index in [1.54, 1.807) is 31.4 Å². The number of rotatable bonds is 2. The molecule has 0 bridgehead atoms. The Morgan fingerprint density at radius 2 is 2.10 bits per heavy atom. The Labute approximate surface area is 119 Å². The van der Waals surface area contributed by atoms with Gasteiger partial charge in [-0.2, -0.15) is 0 Å². The third kappa shape index (κ3) is 1.96. The summed E-state index contributed by atoms with van der Waals surface area (Å²) in [5.74, 6) is 0.552. The molecule has 2 heterocycles. The average Bonchev–Trinajstić information content (AvgIpc) is 2.76. The summed E-state index contributed by atoms with van der Waals surface area (Å²) in [5.41, 5.74) is 7.78. The van der Waals surface area contributed by atoms with Crippen molar-refractivity contribution in [1.29, 1.82) is 0 Å². The summed E-state index contributed by atoms with van der Waals surface area (Å²) in [4.78, 5) is 4.41. The zero-order valence-electron chi connectivity index (χ0n) is 10.6. The van der Waals surface area contributed by atoms with Gasteiger partial charge in [-0.15, -0.1) is 0 Å². The zero-order chi connectivity index (χ0) is 14.3. The van der Waals surface area contributed by atoms with Gasteiger partial charge in [-0.25, -0.2) is 9.37 Å². The molecule has 0 saturated carbocycles. The van der Waals surface area contributed by atoms with Crippen molar-refractivity contribution in [2.75, 3.05) is 12.8 Å². The number of nitrogens with zero attached hydrogens (tertiary/aromatic N) is 2. The summed E-state index contributed by atoms with van der Waals surface area (Å²) in [6, 6.07) is 8.07. The number of nitrogens with two attached hydrogens (primary N) is 1. The summed E-state index contributed by atoms with van der Waals surface area (Å²) in [6.07, 6.45) is 1.29. The molecule has 0 spiro atoms. The van der Waals surface area contributed by atoms with Crippen LogP contribution in [0, 0.1) is 5.82 Å². The number of nitrogen functional groups attached to an aromatic ring is 1. The van der Waals surface area contributed by atoms with E-state index in [0.29, 0.717) is 33.5 Å². The van der Waals surface area contributed by atoms with E-state index in [-0.39, 0.29) is 5.82 Å². The van der Waals surface area contributed by atoms with Crippen molar-refractivity contribution in [2.45, 2.75) is 0 Å². The number of anilines is 1. The first-order valence-electron chi connectivity index (χ1n) is 5.87. The first kappa shape index (κ1) is 12.7. The minimum absolute atomic E-state index is 0.333. The van der Waals surface area contributed by atoms with Gasteiger partial charge in [-0.05, 0) is 30.3 Å². The quantitative estimate of drug-likeness (QED) is 0.787. The van der Waals surface area contributed by atoms with Gasteiger partial charge in [0.1, 0.15) is 28.7 Å². The monoisotopic (exact) mass is 291 g/mol. The molecule has 0 unspecified atom stereocenters. The Kier molecular flexibility index (Phi) is 2.99. The molecule has 0 aliphatic heterocycles. The van der Waals surface area contributed by atoms with Crippen LogP contribution in [-0.2, 0) is 0 Å². The Balaban J connectivity index is 2.29. The first-order chi connectivity index (χ1) is 9.60. The summed E-state index contributed by atoms with van der Waals surface area (Å²) >= 11 is 6.01. The molecule has 2 N–H and O–H groups in total. The fraction of sp³-hybridized carbons (Fsp3) is 0.0714. The van der Waals surface area contributed by atoms with Gasteiger partial charge in [0.2, 0.25) is 0 Å². The van der Waals surface area contributed by atoms with E-state index in [9.17, 15) is 4.39 Å². The molecule has 102 valence electrons. The van der Waals surface area contributed by atoms with Gasteiger partial charge < -0.3 is 10.5 Å². The minimum Gasteiger partial charge on any atom is -0.496 e. The Morgan fingerprint density at radius 3 is 2.85 bits per heavy atom. The lowest BCUT2D eigenvalue weighted by Gasteiger charge is -2.07. The van der Waals surface area contributed by atoms with Crippen LogP contribution in [0.5, 0.6) is 5.75 Å². The summed E-state index contributed by atoms with van der Waals surface area (Å²) in [5, 5.41) is 0.545. The largest absolute Gasteiger partial charge is 0.496 e. The van der Waals surface area contributed by atoms with E-state index in [1.165, 1.54) is 16.7 Å². The van der Waals surface area contributed by atoms with E-state index >= 15 is 0 Å². The van der Waals surface area contributed by atoms with Gasteiger partial charge in [0.25, 0.3) is 0 Å². The Bertz CT molecular complexity index is 800. The second-order valence-corrected chi connectivity index (χ2v) is 4.70. The van der Waals surface area contributed by atoms with E-state index < -0.39 is 0 Å². The standard InChI is InChI=1S/C14H11ClFN3O/c1-20-11-4-2-8(15)6-10(11)13-14(17)19-7-9(16)3-5-12(19)18-13/h2-7H,17H2,1H3. The van der Waals surface area contributed by atoms with Crippen LogP contribution in [0.2, 0.25) is 5.02 Å². The molecule has 1 aromatic carbocycles. The number of pyridine rings is 1. The molecule has 0 radical (unpaired) electrons. The number of methoxy groups -OCH3 is 1. The molecule has 20 heavy (non-hydrogen) atoms. The molecule has 0 atom stereocenters. The fourth-order valence-electron chi connectivity index (χ4n) is 2.10. The van der Waals surface area contributed by atoms with E-state index in [4.69, 9.17) is 22.1 Å². The van der Waals surface area contributed by atoms with Crippen LogP contribution in [0.4, 0.5) is 10.2 Å². The SMILES string of the molecule is COc1ccc(Cl)cc1-c1nc2ccc(F)cn2c1N. The van der Waals surface area contributed by atoms with Crippen LogP contribution in [0.25, 0.3) is 16.9 Å². The van der Waals surface area contributed by atoms with Crippen molar-refractivity contribution >= 4 is 23.1 Å². The van der Waals surface area contributed by atoms with Crippen molar-refractivity contribution in [3.8, 4) is 17.0 Å². The summed E-state index contributed by atoms with van der Waals surface area (Å²) < 4.78 is 20.1.